The van der Waals surface area contributed by atoms with Gasteiger partial charge in [-0.1, -0.05) is 0 Å². The third-order valence-corrected chi connectivity index (χ3v) is 1.81. The minimum absolute atomic E-state index is 0.268. The topological polar surface area (TPSA) is 42.6 Å². The maximum Gasteiger partial charge on any atom is 0.129 e. The highest BCUT2D eigenvalue weighted by atomic mass is 16.5. The molecule has 1 heterocycles. The third kappa shape index (κ3) is 3.61. The largest absolute Gasteiger partial charge is 0.464 e. The molecule has 0 aliphatic rings. The highest BCUT2D eigenvalue weighted by molar-refractivity contribution is 5.06. The van der Waals surface area contributed by atoms with E-state index in [1.165, 1.54) is 0 Å². The van der Waals surface area contributed by atoms with Crippen LogP contribution in [0.25, 0.3) is 0 Å². The van der Waals surface area contributed by atoms with Crippen LogP contribution in [-0.4, -0.2) is 18.3 Å². The van der Waals surface area contributed by atoms with Gasteiger partial charge in [0.05, 0.1) is 6.10 Å². The van der Waals surface area contributed by atoms with Crippen molar-refractivity contribution >= 4 is 0 Å². The second-order valence-corrected chi connectivity index (χ2v) is 3.19. The van der Waals surface area contributed by atoms with Crippen LogP contribution in [0.5, 0.6) is 0 Å². The molecular formula is C10H16O3. The summed E-state index contributed by atoms with van der Waals surface area (Å²) in [6.45, 7) is 2.29. The first-order chi connectivity index (χ1) is 6.22. The van der Waals surface area contributed by atoms with Crippen molar-refractivity contribution in [2.45, 2.75) is 32.5 Å². The summed E-state index contributed by atoms with van der Waals surface area (Å²) in [5.74, 6) is 1.75. The van der Waals surface area contributed by atoms with Gasteiger partial charge in [-0.05, 0) is 25.5 Å². The van der Waals surface area contributed by atoms with Crippen molar-refractivity contribution < 1.29 is 14.3 Å². The van der Waals surface area contributed by atoms with Gasteiger partial charge in [-0.3, -0.25) is 0 Å². The molecule has 1 atom stereocenters. The molecule has 1 aromatic heterocycles. The van der Waals surface area contributed by atoms with E-state index >= 15 is 0 Å². The van der Waals surface area contributed by atoms with Crippen LogP contribution >= 0.6 is 0 Å². The van der Waals surface area contributed by atoms with Crippen LogP contribution < -0.4 is 0 Å². The molecule has 0 aromatic carbocycles. The van der Waals surface area contributed by atoms with Gasteiger partial charge in [0.2, 0.25) is 0 Å². The van der Waals surface area contributed by atoms with Crippen LogP contribution in [0.4, 0.5) is 0 Å². The molecule has 0 spiro atoms. The number of aliphatic hydroxyl groups excluding tert-OH is 1. The lowest BCUT2D eigenvalue weighted by Crippen LogP contribution is -2.00. The molecule has 3 nitrogen and oxygen atoms in total. The molecule has 0 saturated carbocycles. The van der Waals surface area contributed by atoms with Gasteiger partial charge in [-0.2, -0.15) is 0 Å². The van der Waals surface area contributed by atoms with Gasteiger partial charge in [-0.25, -0.2) is 0 Å². The van der Waals surface area contributed by atoms with E-state index in [-0.39, 0.29) is 6.10 Å². The van der Waals surface area contributed by atoms with Gasteiger partial charge in [0.25, 0.3) is 0 Å². The Morgan fingerprint density at radius 1 is 1.46 bits per heavy atom. The summed E-state index contributed by atoms with van der Waals surface area (Å²) in [4.78, 5) is 0. The summed E-state index contributed by atoms with van der Waals surface area (Å²) >= 11 is 0. The Morgan fingerprint density at radius 3 is 2.77 bits per heavy atom. The first-order valence-electron chi connectivity index (χ1n) is 4.47. The zero-order chi connectivity index (χ0) is 9.68. The predicted octanol–water partition coefficient (Wildman–Crippen LogP) is 1.74. The third-order valence-electron chi connectivity index (χ3n) is 1.81. The van der Waals surface area contributed by atoms with Crippen molar-refractivity contribution in [3.05, 3.63) is 23.7 Å². The Morgan fingerprint density at radius 2 is 2.15 bits per heavy atom. The van der Waals surface area contributed by atoms with Crippen LogP contribution in [0.3, 0.4) is 0 Å². The number of hydrogen-bond donors (Lipinski definition) is 1. The van der Waals surface area contributed by atoms with Crippen LogP contribution in [0.15, 0.2) is 16.5 Å². The van der Waals surface area contributed by atoms with Crippen LogP contribution in [-0.2, 0) is 17.8 Å². The fourth-order valence-electron chi connectivity index (χ4n) is 1.13. The SMILES string of the molecule is COCc1ccc(CC[C@@H](C)O)o1. The van der Waals surface area contributed by atoms with Gasteiger partial charge in [0.1, 0.15) is 18.1 Å². The minimum atomic E-state index is -0.268. The molecule has 1 rings (SSSR count). The van der Waals surface area contributed by atoms with E-state index in [1.807, 2.05) is 12.1 Å². The number of furan rings is 1. The molecule has 1 N–H and O–H groups in total. The summed E-state index contributed by atoms with van der Waals surface area (Å²) < 4.78 is 10.4. The number of aliphatic hydroxyl groups is 1. The minimum Gasteiger partial charge on any atom is -0.464 e. The normalized spacial score (nSPS) is 13.2. The van der Waals surface area contributed by atoms with Gasteiger partial charge < -0.3 is 14.3 Å². The van der Waals surface area contributed by atoms with Gasteiger partial charge in [0.15, 0.2) is 0 Å². The number of ether oxygens (including phenoxy) is 1. The molecule has 0 aliphatic heterocycles. The van der Waals surface area contributed by atoms with Crippen LogP contribution in [0, 0.1) is 0 Å². The number of aryl methyl sites for hydroxylation is 1. The zero-order valence-electron chi connectivity index (χ0n) is 8.12. The highest BCUT2D eigenvalue weighted by Crippen LogP contribution is 2.11. The van der Waals surface area contributed by atoms with Crippen molar-refractivity contribution in [1.29, 1.82) is 0 Å². The number of hydrogen-bond acceptors (Lipinski definition) is 3. The van der Waals surface area contributed by atoms with Crippen LogP contribution in [0.1, 0.15) is 24.9 Å². The predicted molar refractivity (Wildman–Crippen MR) is 49.4 cm³/mol. The van der Waals surface area contributed by atoms with Crippen molar-refractivity contribution in [3.8, 4) is 0 Å². The Kier molecular flexibility index (Phi) is 3.99. The fraction of sp³-hybridized carbons (Fsp3) is 0.600. The fourth-order valence-corrected chi connectivity index (χ4v) is 1.13. The van der Waals surface area contributed by atoms with E-state index in [2.05, 4.69) is 0 Å². The summed E-state index contributed by atoms with van der Waals surface area (Å²) in [5.41, 5.74) is 0. The monoisotopic (exact) mass is 184 g/mol. The average molecular weight is 184 g/mol. The second kappa shape index (κ2) is 5.04. The first-order valence-corrected chi connectivity index (χ1v) is 4.47. The van der Waals surface area contributed by atoms with E-state index in [9.17, 15) is 0 Å². The maximum absolute atomic E-state index is 9.06. The Labute approximate surface area is 78.3 Å². The van der Waals surface area contributed by atoms with E-state index in [4.69, 9.17) is 14.3 Å². The average Bonchev–Trinajstić information content (AvgIpc) is 2.50. The maximum atomic E-state index is 9.06. The lowest BCUT2D eigenvalue weighted by molar-refractivity contribution is 0.160. The molecule has 0 amide bonds. The van der Waals surface area contributed by atoms with E-state index in [0.29, 0.717) is 6.61 Å². The van der Waals surface area contributed by atoms with Crippen LogP contribution in [0.2, 0.25) is 0 Å². The Balaban J connectivity index is 2.39. The molecule has 74 valence electrons. The molecule has 0 radical (unpaired) electrons. The Bertz CT molecular complexity index is 240. The first kappa shape index (κ1) is 10.3. The lowest BCUT2D eigenvalue weighted by Gasteiger charge is -2.00. The van der Waals surface area contributed by atoms with E-state index < -0.39 is 0 Å². The number of rotatable bonds is 5. The summed E-state index contributed by atoms with van der Waals surface area (Å²) in [6, 6.07) is 3.83. The smallest absolute Gasteiger partial charge is 0.129 e. The van der Waals surface area contributed by atoms with Crippen molar-refractivity contribution in [2.75, 3.05) is 7.11 Å². The summed E-state index contributed by atoms with van der Waals surface area (Å²) in [6.07, 6.45) is 1.25. The van der Waals surface area contributed by atoms with Gasteiger partial charge in [-0.15, -0.1) is 0 Å². The summed E-state index contributed by atoms with van der Waals surface area (Å²) in [7, 11) is 1.64. The number of methoxy groups -OCH3 is 1. The van der Waals surface area contributed by atoms with Crippen molar-refractivity contribution in [3.63, 3.8) is 0 Å². The molecule has 0 bridgehead atoms. The molecule has 3 heteroatoms. The quantitative estimate of drug-likeness (QED) is 0.758. The standard InChI is InChI=1S/C10H16O3/c1-8(11)3-4-9-5-6-10(13-9)7-12-2/h5-6,8,11H,3-4,7H2,1-2H3/t8-/m1/s1. The molecule has 13 heavy (non-hydrogen) atoms. The second-order valence-electron chi connectivity index (χ2n) is 3.19. The van der Waals surface area contributed by atoms with E-state index in [1.54, 1.807) is 14.0 Å². The molecule has 0 fully saturated rings. The molecule has 0 saturated heterocycles. The molecule has 0 unspecified atom stereocenters. The van der Waals surface area contributed by atoms with E-state index in [0.717, 1.165) is 24.4 Å². The molecular weight excluding hydrogens is 168 g/mol. The summed E-state index contributed by atoms with van der Waals surface area (Å²) in [5, 5.41) is 9.06. The molecule has 1 aromatic rings. The zero-order valence-corrected chi connectivity index (χ0v) is 8.12. The lowest BCUT2D eigenvalue weighted by atomic mass is 10.2. The molecule has 0 aliphatic carbocycles. The Hall–Kier alpha value is -0.800. The highest BCUT2D eigenvalue weighted by Gasteiger charge is 2.03. The van der Waals surface area contributed by atoms with Gasteiger partial charge in [0, 0.05) is 13.5 Å². The van der Waals surface area contributed by atoms with Crippen molar-refractivity contribution in [2.24, 2.45) is 0 Å². The van der Waals surface area contributed by atoms with Gasteiger partial charge >= 0.3 is 0 Å². The van der Waals surface area contributed by atoms with Crippen molar-refractivity contribution in [1.82, 2.24) is 0 Å².